The second-order valence-electron chi connectivity index (χ2n) is 9.59. The zero-order valence-electron chi connectivity index (χ0n) is 22.2. The van der Waals surface area contributed by atoms with Crippen molar-refractivity contribution >= 4 is 5.91 Å². The fourth-order valence-corrected chi connectivity index (χ4v) is 3.92. The maximum atomic E-state index is 11.9. The van der Waals surface area contributed by atoms with E-state index < -0.39 is 11.9 Å². The van der Waals surface area contributed by atoms with Gasteiger partial charge in [0.25, 0.3) is 0 Å². The van der Waals surface area contributed by atoms with Gasteiger partial charge >= 0.3 is 0 Å². The summed E-state index contributed by atoms with van der Waals surface area (Å²) in [4.78, 5) is 19.6. The molecule has 2 aromatic carbocycles. The van der Waals surface area contributed by atoms with Crippen molar-refractivity contribution in [1.82, 2.24) is 10.4 Å². The number of nitrogens with one attached hydrogen (secondary N) is 1. The summed E-state index contributed by atoms with van der Waals surface area (Å²) >= 11 is 0. The first kappa shape index (κ1) is 29.0. The number of aliphatic hydroxyl groups is 1. The Morgan fingerprint density at radius 1 is 0.971 bits per heavy atom. The standard InChI is InChI=1S/C29H44N2O4/c1-6-20-31(21-7-2)22-23-12-14-24(15-13-23)25-16-18-26(19-17-25)27(32)10-8-9-11-28(33)30-35-29(3,4)34-5/h12-19,27,32H,6-11,20-22H2,1-5H3,(H,30,33)/t27-/m1/s1. The van der Waals surface area contributed by atoms with Gasteiger partial charge in [0.15, 0.2) is 5.79 Å². The molecule has 0 saturated heterocycles. The van der Waals surface area contributed by atoms with E-state index in [1.807, 2.05) is 12.1 Å². The van der Waals surface area contributed by atoms with Gasteiger partial charge in [0, 0.05) is 20.1 Å². The molecule has 194 valence electrons. The third-order valence-corrected chi connectivity index (χ3v) is 6.10. The summed E-state index contributed by atoms with van der Waals surface area (Å²) in [6, 6.07) is 16.9. The highest BCUT2D eigenvalue weighted by Crippen LogP contribution is 2.25. The molecule has 0 radical (unpaired) electrons. The second kappa shape index (κ2) is 15.0. The number of carbonyl (C=O) groups excluding carboxylic acids is 1. The molecule has 6 nitrogen and oxygen atoms in total. The maximum absolute atomic E-state index is 11.9. The van der Waals surface area contributed by atoms with Gasteiger partial charge in [0.2, 0.25) is 5.91 Å². The SMILES string of the molecule is CCCN(CCC)Cc1ccc(-c2ccc([C@H](O)CCCCC(=O)NOC(C)(C)OC)cc2)cc1. The minimum Gasteiger partial charge on any atom is -0.388 e. The monoisotopic (exact) mass is 484 g/mol. The molecule has 35 heavy (non-hydrogen) atoms. The van der Waals surface area contributed by atoms with Crippen molar-refractivity contribution in [3.63, 3.8) is 0 Å². The molecule has 0 bridgehead atoms. The van der Waals surface area contributed by atoms with Crippen LogP contribution in [0.5, 0.6) is 0 Å². The van der Waals surface area contributed by atoms with Crippen LogP contribution in [0.3, 0.4) is 0 Å². The van der Waals surface area contributed by atoms with Crippen LogP contribution in [0.25, 0.3) is 11.1 Å². The number of rotatable bonds is 16. The lowest BCUT2D eigenvalue weighted by atomic mass is 9.98. The average Bonchev–Trinajstić information content (AvgIpc) is 2.86. The molecular weight excluding hydrogens is 440 g/mol. The van der Waals surface area contributed by atoms with Crippen LogP contribution in [0.15, 0.2) is 48.5 Å². The predicted octanol–water partition coefficient (Wildman–Crippen LogP) is 6.00. The van der Waals surface area contributed by atoms with E-state index >= 15 is 0 Å². The molecule has 6 heteroatoms. The number of nitrogens with zero attached hydrogens (tertiary/aromatic N) is 1. The molecular formula is C29H44N2O4. The van der Waals surface area contributed by atoms with Crippen LogP contribution in [0.1, 0.15) is 83.5 Å². The summed E-state index contributed by atoms with van der Waals surface area (Å²) in [5, 5.41) is 10.6. The van der Waals surface area contributed by atoms with Crippen LogP contribution in [-0.2, 0) is 20.9 Å². The smallest absolute Gasteiger partial charge is 0.243 e. The molecule has 2 rings (SSSR count). The van der Waals surface area contributed by atoms with Gasteiger partial charge < -0.3 is 9.84 Å². The van der Waals surface area contributed by atoms with E-state index in [1.54, 1.807) is 13.8 Å². The third kappa shape index (κ3) is 10.5. The van der Waals surface area contributed by atoms with Gasteiger partial charge in [-0.2, -0.15) is 0 Å². The molecule has 0 saturated carbocycles. The number of benzene rings is 2. The lowest BCUT2D eigenvalue weighted by Crippen LogP contribution is -2.37. The van der Waals surface area contributed by atoms with Gasteiger partial charge in [-0.05, 0) is 74.9 Å². The van der Waals surface area contributed by atoms with Crippen LogP contribution < -0.4 is 5.48 Å². The number of unbranched alkanes of at least 4 members (excludes halogenated alkanes) is 1. The van der Waals surface area contributed by atoms with Crippen molar-refractivity contribution in [1.29, 1.82) is 0 Å². The quantitative estimate of drug-likeness (QED) is 0.174. The van der Waals surface area contributed by atoms with Crippen molar-refractivity contribution in [2.75, 3.05) is 20.2 Å². The molecule has 2 aromatic rings. The van der Waals surface area contributed by atoms with Crippen molar-refractivity contribution in [3.8, 4) is 11.1 Å². The Morgan fingerprint density at radius 3 is 2.09 bits per heavy atom. The lowest BCUT2D eigenvalue weighted by molar-refractivity contribution is -0.231. The van der Waals surface area contributed by atoms with Gasteiger partial charge in [-0.1, -0.05) is 68.8 Å². The zero-order valence-corrected chi connectivity index (χ0v) is 22.2. The number of methoxy groups -OCH3 is 1. The number of carbonyl (C=O) groups is 1. The van der Waals surface area contributed by atoms with E-state index in [-0.39, 0.29) is 5.91 Å². The number of hydrogen-bond donors (Lipinski definition) is 2. The Hall–Kier alpha value is -2.25. The van der Waals surface area contributed by atoms with E-state index in [0.717, 1.165) is 37.2 Å². The fraction of sp³-hybridized carbons (Fsp3) is 0.552. The average molecular weight is 485 g/mol. The minimum atomic E-state index is -0.857. The first-order chi connectivity index (χ1) is 16.8. The van der Waals surface area contributed by atoms with Crippen LogP contribution in [0.2, 0.25) is 0 Å². The summed E-state index contributed by atoms with van der Waals surface area (Å²) in [5.74, 6) is -1.05. The number of hydrogen-bond acceptors (Lipinski definition) is 5. The maximum Gasteiger partial charge on any atom is 0.243 e. The Balaban J connectivity index is 1.79. The largest absolute Gasteiger partial charge is 0.388 e. The molecule has 0 aliphatic carbocycles. The van der Waals surface area contributed by atoms with Crippen molar-refractivity contribution < 1.29 is 19.5 Å². The third-order valence-electron chi connectivity index (χ3n) is 6.10. The highest BCUT2D eigenvalue weighted by molar-refractivity contribution is 5.74. The first-order valence-corrected chi connectivity index (χ1v) is 12.9. The van der Waals surface area contributed by atoms with Crippen molar-refractivity contribution in [3.05, 3.63) is 59.7 Å². The summed E-state index contributed by atoms with van der Waals surface area (Å²) in [6.07, 6.45) is 4.19. The van der Waals surface area contributed by atoms with E-state index in [2.05, 4.69) is 60.6 Å². The van der Waals surface area contributed by atoms with Crippen LogP contribution in [0.4, 0.5) is 0 Å². The summed E-state index contributed by atoms with van der Waals surface area (Å²) in [5.41, 5.74) is 6.97. The van der Waals surface area contributed by atoms with Crippen LogP contribution >= 0.6 is 0 Å². The van der Waals surface area contributed by atoms with Crippen LogP contribution in [-0.4, -0.2) is 41.9 Å². The molecule has 0 aliphatic rings. The van der Waals surface area contributed by atoms with Gasteiger partial charge in [-0.25, -0.2) is 10.3 Å². The summed E-state index contributed by atoms with van der Waals surface area (Å²) < 4.78 is 5.09. The van der Waals surface area contributed by atoms with Crippen molar-refractivity contribution in [2.45, 2.75) is 84.7 Å². The topological polar surface area (TPSA) is 71.0 Å². The summed E-state index contributed by atoms with van der Waals surface area (Å²) in [6.45, 7) is 11.2. The predicted molar refractivity (Wildman–Crippen MR) is 141 cm³/mol. The molecule has 0 spiro atoms. The summed E-state index contributed by atoms with van der Waals surface area (Å²) in [7, 11) is 1.52. The van der Waals surface area contributed by atoms with Crippen molar-refractivity contribution in [2.24, 2.45) is 0 Å². The molecule has 0 unspecified atom stereocenters. The highest BCUT2D eigenvalue weighted by Gasteiger charge is 2.18. The Kier molecular flexibility index (Phi) is 12.4. The van der Waals surface area contributed by atoms with Crippen LogP contribution in [0, 0.1) is 0 Å². The Morgan fingerprint density at radius 2 is 1.54 bits per heavy atom. The number of hydroxylamine groups is 1. The van der Waals surface area contributed by atoms with E-state index in [4.69, 9.17) is 9.57 Å². The number of amides is 1. The van der Waals surface area contributed by atoms with E-state index in [1.165, 1.54) is 31.1 Å². The molecule has 1 atom stereocenters. The van der Waals surface area contributed by atoms with Gasteiger partial charge in [-0.15, -0.1) is 0 Å². The highest BCUT2D eigenvalue weighted by atomic mass is 16.8. The van der Waals surface area contributed by atoms with Gasteiger partial charge in [0.1, 0.15) is 0 Å². The minimum absolute atomic E-state index is 0.191. The molecule has 0 aromatic heterocycles. The molecule has 0 fully saturated rings. The molecule has 0 heterocycles. The van der Waals surface area contributed by atoms with Gasteiger partial charge in [-0.3, -0.25) is 9.69 Å². The molecule has 2 N–H and O–H groups in total. The fourth-order valence-electron chi connectivity index (χ4n) is 3.92. The zero-order chi connectivity index (χ0) is 25.7. The van der Waals surface area contributed by atoms with E-state index in [0.29, 0.717) is 19.3 Å². The lowest BCUT2D eigenvalue weighted by Gasteiger charge is -2.22. The molecule has 1 amide bonds. The Bertz CT molecular complexity index is 859. The second-order valence-corrected chi connectivity index (χ2v) is 9.59. The number of aliphatic hydroxyl groups excluding tert-OH is 1. The first-order valence-electron chi connectivity index (χ1n) is 12.9. The number of ether oxygens (including phenoxy) is 1. The normalized spacial score (nSPS) is 12.7. The van der Waals surface area contributed by atoms with E-state index in [9.17, 15) is 9.90 Å². The Labute approximate surface area is 211 Å². The van der Waals surface area contributed by atoms with Gasteiger partial charge in [0.05, 0.1) is 6.10 Å². The molecule has 0 aliphatic heterocycles.